The normalized spacial score (nSPS) is 9.36. The summed E-state index contributed by atoms with van der Waals surface area (Å²) >= 11 is 2.17. The molecule has 0 aromatic heterocycles. The molecular weight excluding hydrogens is 255 g/mol. The van der Waals surface area contributed by atoms with Gasteiger partial charge in [-0.1, -0.05) is 0 Å². The quantitative estimate of drug-likeness (QED) is 0.761. The Morgan fingerprint density at radius 3 is 2.45 bits per heavy atom. The summed E-state index contributed by atoms with van der Waals surface area (Å²) < 4.78 is 11.1. The fourth-order valence-electron chi connectivity index (χ4n) is 0.753. The van der Waals surface area contributed by atoms with Gasteiger partial charge in [0.05, 0.1) is 14.2 Å². The van der Waals surface area contributed by atoms with Crippen LogP contribution in [0, 0.1) is 9.64 Å². The first-order valence-electron chi connectivity index (χ1n) is 3.07. The molecule has 0 aliphatic heterocycles. The lowest BCUT2D eigenvalue weighted by Crippen LogP contribution is -1.90. The summed E-state index contributed by atoms with van der Waals surface area (Å²) in [5.74, 6) is 1.46. The molecule has 0 saturated heterocycles. The van der Waals surface area contributed by atoms with Gasteiger partial charge in [-0.2, -0.15) is 0 Å². The zero-order valence-electron chi connectivity index (χ0n) is 6.35. The second-order valence-corrected chi connectivity index (χ2v) is 3.08. The third kappa shape index (κ3) is 1.99. The molecule has 0 heterocycles. The lowest BCUT2D eigenvalue weighted by atomic mass is 10.3. The first-order chi connectivity index (χ1) is 5.27. The summed E-state index contributed by atoms with van der Waals surface area (Å²) in [5, 5.41) is 0. The molecule has 1 rings (SSSR count). The Labute approximate surface area is 79.7 Å². The van der Waals surface area contributed by atoms with Crippen molar-refractivity contribution in [3.8, 4) is 11.5 Å². The third-order valence-corrected chi connectivity index (χ3v) is 1.90. The van der Waals surface area contributed by atoms with E-state index in [-0.39, 0.29) is 0 Å². The Morgan fingerprint density at radius 2 is 1.91 bits per heavy atom. The minimum absolute atomic E-state index is 0.716. The van der Waals surface area contributed by atoms with Gasteiger partial charge in [0.25, 0.3) is 0 Å². The van der Waals surface area contributed by atoms with E-state index in [4.69, 9.17) is 9.47 Å². The van der Waals surface area contributed by atoms with E-state index in [2.05, 4.69) is 28.7 Å². The van der Waals surface area contributed by atoms with Crippen molar-refractivity contribution in [1.82, 2.24) is 0 Å². The monoisotopic (exact) mass is 263 g/mol. The molecule has 3 heteroatoms. The molecule has 1 aromatic carbocycles. The highest BCUT2D eigenvalue weighted by Gasteiger charge is 2.01. The average molecular weight is 263 g/mol. The van der Waals surface area contributed by atoms with Crippen LogP contribution in [0.1, 0.15) is 0 Å². The number of benzene rings is 1. The van der Waals surface area contributed by atoms with E-state index < -0.39 is 0 Å². The number of methoxy groups -OCH3 is 2. The summed E-state index contributed by atoms with van der Waals surface area (Å²) in [6.07, 6.45) is 0. The Kier molecular flexibility index (Phi) is 2.99. The minimum atomic E-state index is 0.716. The topological polar surface area (TPSA) is 18.5 Å². The van der Waals surface area contributed by atoms with Crippen molar-refractivity contribution in [3.63, 3.8) is 0 Å². The van der Waals surface area contributed by atoms with Gasteiger partial charge in [-0.25, -0.2) is 0 Å². The van der Waals surface area contributed by atoms with Crippen LogP contribution in [0.15, 0.2) is 12.1 Å². The van der Waals surface area contributed by atoms with Crippen LogP contribution in [0.5, 0.6) is 11.5 Å². The Balaban J connectivity index is 3.06. The summed E-state index contributed by atoms with van der Waals surface area (Å²) in [7, 11) is 3.23. The standard InChI is InChI=1S/C8H8IO2/c1-10-7-4-3-6(9)5-8(7)11-2/h4-5H,1-2H3. The molecule has 0 saturated carbocycles. The molecule has 11 heavy (non-hydrogen) atoms. The van der Waals surface area contributed by atoms with Gasteiger partial charge < -0.3 is 9.47 Å². The van der Waals surface area contributed by atoms with Crippen molar-refractivity contribution in [2.24, 2.45) is 0 Å². The maximum absolute atomic E-state index is 5.07. The highest BCUT2D eigenvalue weighted by Crippen LogP contribution is 2.27. The van der Waals surface area contributed by atoms with Crippen molar-refractivity contribution in [2.45, 2.75) is 0 Å². The van der Waals surface area contributed by atoms with Crippen LogP contribution in [0.3, 0.4) is 0 Å². The fraction of sp³-hybridized carbons (Fsp3) is 0.250. The molecule has 2 nitrogen and oxygen atoms in total. The predicted molar refractivity (Wildman–Crippen MR) is 51.1 cm³/mol. The molecule has 0 spiro atoms. The van der Waals surface area contributed by atoms with Crippen LogP contribution in [-0.4, -0.2) is 14.2 Å². The zero-order valence-corrected chi connectivity index (χ0v) is 8.51. The van der Waals surface area contributed by atoms with Gasteiger partial charge >= 0.3 is 0 Å². The molecule has 0 aliphatic carbocycles. The maximum atomic E-state index is 5.07. The van der Waals surface area contributed by atoms with E-state index >= 15 is 0 Å². The molecule has 0 unspecified atom stereocenters. The molecule has 0 bridgehead atoms. The van der Waals surface area contributed by atoms with Crippen molar-refractivity contribution in [1.29, 1.82) is 0 Å². The van der Waals surface area contributed by atoms with Crippen LogP contribution in [0.2, 0.25) is 0 Å². The van der Waals surface area contributed by atoms with Crippen molar-refractivity contribution >= 4 is 22.6 Å². The molecule has 0 aliphatic rings. The SMILES string of the molecule is COc1c[c]c(I)cc1OC. The van der Waals surface area contributed by atoms with Gasteiger partial charge in [-0.3, -0.25) is 0 Å². The van der Waals surface area contributed by atoms with E-state index in [1.807, 2.05) is 6.07 Å². The predicted octanol–water partition coefficient (Wildman–Crippen LogP) is 2.11. The number of rotatable bonds is 2. The van der Waals surface area contributed by atoms with Crippen LogP contribution in [0.25, 0.3) is 0 Å². The van der Waals surface area contributed by atoms with Gasteiger partial charge in [-0.15, -0.1) is 0 Å². The molecule has 59 valence electrons. The second-order valence-electron chi connectivity index (χ2n) is 1.92. The summed E-state index contributed by atoms with van der Waals surface area (Å²) in [5.41, 5.74) is 0. The van der Waals surface area contributed by atoms with E-state index in [1.54, 1.807) is 20.3 Å². The smallest absolute Gasteiger partial charge is 0.161 e. The fourth-order valence-corrected chi connectivity index (χ4v) is 1.19. The third-order valence-electron chi connectivity index (χ3n) is 1.28. The Hall–Kier alpha value is -0.450. The highest BCUT2D eigenvalue weighted by atomic mass is 127. The van der Waals surface area contributed by atoms with E-state index in [1.165, 1.54) is 0 Å². The first-order valence-corrected chi connectivity index (χ1v) is 4.15. The van der Waals surface area contributed by atoms with Crippen molar-refractivity contribution < 1.29 is 9.47 Å². The summed E-state index contributed by atoms with van der Waals surface area (Å²) in [6.45, 7) is 0. The Bertz CT molecular complexity index is 248. The summed E-state index contributed by atoms with van der Waals surface area (Å²) in [6, 6.07) is 6.65. The average Bonchev–Trinajstić information content (AvgIpc) is 2.04. The van der Waals surface area contributed by atoms with Gasteiger partial charge in [0.1, 0.15) is 0 Å². The van der Waals surface area contributed by atoms with Crippen LogP contribution in [-0.2, 0) is 0 Å². The van der Waals surface area contributed by atoms with Crippen LogP contribution in [0.4, 0.5) is 0 Å². The van der Waals surface area contributed by atoms with Gasteiger partial charge in [-0.05, 0) is 34.7 Å². The lowest BCUT2D eigenvalue weighted by molar-refractivity contribution is 0.354. The number of ether oxygens (including phenoxy) is 2. The molecule has 1 radical (unpaired) electrons. The number of halogens is 1. The molecule has 0 atom stereocenters. The van der Waals surface area contributed by atoms with Crippen molar-refractivity contribution in [3.05, 3.63) is 21.8 Å². The van der Waals surface area contributed by atoms with Crippen molar-refractivity contribution in [2.75, 3.05) is 14.2 Å². The van der Waals surface area contributed by atoms with E-state index in [0.29, 0.717) is 5.75 Å². The minimum Gasteiger partial charge on any atom is -0.493 e. The largest absolute Gasteiger partial charge is 0.493 e. The maximum Gasteiger partial charge on any atom is 0.161 e. The highest BCUT2D eigenvalue weighted by molar-refractivity contribution is 14.1. The van der Waals surface area contributed by atoms with Gasteiger partial charge in [0, 0.05) is 9.64 Å². The van der Waals surface area contributed by atoms with Crippen LogP contribution < -0.4 is 9.47 Å². The Morgan fingerprint density at radius 1 is 1.27 bits per heavy atom. The molecule has 0 amide bonds. The van der Waals surface area contributed by atoms with Crippen LogP contribution >= 0.6 is 22.6 Å². The zero-order chi connectivity index (χ0) is 8.27. The van der Waals surface area contributed by atoms with Gasteiger partial charge in [0.15, 0.2) is 11.5 Å². The van der Waals surface area contributed by atoms with Gasteiger partial charge in [0.2, 0.25) is 0 Å². The summed E-state index contributed by atoms with van der Waals surface area (Å²) in [4.78, 5) is 0. The first kappa shape index (κ1) is 8.64. The van der Waals surface area contributed by atoms with E-state index in [9.17, 15) is 0 Å². The number of hydrogen-bond acceptors (Lipinski definition) is 2. The molecule has 0 N–H and O–H groups in total. The van der Waals surface area contributed by atoms with E-state index in [0.717, 1.165) is 9.32 Å². The second kappa shape index (κ2) is 3.80. The molecular formula is C8H8IO2. The molecule has 0 fully saturated rings. The number of hydrogen-bond donors (Lipinski definition) is 0. The molecule has 1 aromatic rings. The lowest BCUT2D eigenvalue weighted by Gasteiger charge is -2.05.